The van der Waals surface area contributed by atoms with Gasteiger partial charge in [0.25, 0.3) is 0 Å². The fraction of sp³-hybridized carbons (Fsp3) is 0.238. The maximum atomic E-state index is 12.3. The molecule has 1 fully saturated rings. The highest BCUT2D eigenvalue weighted by molar-refractivity contribution is 9.10. The van der Waals surface area contributed by atoms with Crippen LogP contribution in [0.1, 0.15) is 24.0 Å². The maximum absolute atomic E-state index is 12.3. The number of hydrogen-bond donors (Lipinski definition) is 0. The van der Waals surface area contributed by atoms with Gasteiger partial charge in [0, 0.05) is 42.8 Å². The maximum Gasteiger partial charge on any atom is 0.246 e. The van der Waals surface area contributed by atoms with Crippen molar-refractivity contribution in [2.45, 2.75) is 19.4 Å². The van der Waals surface area contributed by atoms with Crippen molar-refractivity contribution in [1.82, 2.24) is 4.90 Å². The third-order valence-corrected chi connectivity index (χ3v) is 4.93. The van der Waals surface area contributed by atoms with Crippen LogP contribution in [0.25, 0.3) is 6.08 Å². The number of amides is 2. The zero-order valence-electron chi connectivity index (χ0n) is 14.7. The van der Waals surface area contributed by atoms with E-state index in [0.29, 0.717) is 13.0 Å². The Kier molecular flexibility index (Phi) is 5.89. The lowest BCUT2D eigenvalue weighted by atomic mass is 10.1. The largest absolute Gasteiger partial charge is 0.338 e. The van der Waals surface area contributed by atoms with E-state index in [1.54, 1.807) is 24.1 Å². The summed E-state index contributed by atoms with van der Waals surface area (Å²) >= 11 is 3.41. The second-order valence-electron chi connectivity index (χ2n) is 6.39. The van der Waals surface area contributed by atoms with Gasteiger partial charge in [-0.05, 0) is 47.9 Å². The third-order valence-electron chi connectivity index (χ3n) is 4.41. The topological polar surface area (TPSA) is 40.6 Å². The SMILES string of the molecule is CN(Cc1ccc(Br)cc1)C(=O)/C=C/c1ccc(N2CCCC2=O)cc1. The van der Waals surface area contributed by atoms with Gasteiger partial charge in [-0.2, -0.15) is 0 Å². The van der Waals surface area contributed by atoms with Crippen molar-refractivity contribution in [1.29, 1.82) is 0 Å². The van der Waals surface area contributed by atoms with Gasteiger partial charge in [-0.1, -0.05) is 40.2 Å². The van der Waals surface area contributed by atoms with E-state index in [2.05, 4.69) is 15.9 Å². The van der Waals surface area contributed by atoms with E-state index in [4.69, 9.17) is 0 Å². The second kappa shape index (κ2) is 8.32. The lowest BCUT2D eigenvalue weighted by Crippen LogP contribution is -2.24. The Balaban J connectivity index is 1.58. The lowest BCUT2D eigenvalue weighted by molar-refractivity contribution is -0.125. The molecule has 0 aliphatic carbocycles. The molecule has 0 bridgehead atoms. The van der Waals surface area contributed by atoms with Gasteiger partial charge in [-0.3, -0.25) is 9.59 Å². The Bertz CT molecular complexity index is 813. The molecule has 1 heterocycles. The van der Waals surface area contributed by atoms with E-state index < -0.39 is 0 Å². The first-order chi connectivity index (χ1) is 12.5. The Labute approximate surface area is 162 Å². The van der Waals surface area contributed by atoms with Crippen LogP contribution in [-0.4, -0.2) is 30.3 Å². The zero-order chi connectivity index (χ0) is 18.5. The van der Waals surface area contributed by atoms with Gasteiger partial charge in [-0.15, -0.1) is 0 Å². The van der Waals surface area contributed by atoms with Crippen LogP contribution in [0.3, 0.4) is 0 Å². The van der Waals surface area contributed by atoms with Crippen molar-refractivity contribution in [2.75, 3.05) is 18.5 Å². The predicted molar refractivity (Wildman–Crippen MR) is 108 cm³/mol. The number of rotatable bonds is 5. The van der Waals surface area contributed by atoms with Crippen molar-refractivity contribution in [2.24, 2.45) is 0 Å². The van der Waals surface area contributed by atoms with Crippen LogP contribution in [0.2, 0.25) is 0 Å². The number of carbonyl (C=O) groups is 2. The van der Waals surface area contributed by atoms with E-state index in [1.165, 1.54) is 0 Å². The molecular weight excluding hydrogens is 392 g/mol. The molecule has 4 nitrogen and oxygen atoms in total. The second-order valence-corrected chi connectivity index (χ2v) is 7.31. The molecule has 0 radical (unpaired) electrons. The van der Waals surface area contributed by atoms with Crippen LogP contribution in [0, 0.1) is 0 Å². The molecule has 1 aliphatic rings. The molecule has 1 saturated heterocycles. The molecule has 0 unspecified atom stereocenters. The van der Waals surface area contributed by atoms with Crippen LogP contribution >= 0.6 is 15.9 Å². The molecule has 2 aromatic rings. The molecule has 3 rings (SSSR count). The van der Waals surface area contributed by atoms with E-state index in [9.17, 15) is 9.59 Å². The number of nitrogens with zero attached hydrogens (tertiary/aromatic N) is 2. The van der Waals surface area contributed by atoms with Crippen LogP contribution in [0.5, 0.6) is 0 Å². The van der Waals surface area contributed by atoms with Gasteiger partial charge < -0.3 is 9.80 Å². The average Bonchev–Trinajstić information content (AvgIpc) is 3.08. The van der Waals surface area contributed by atoms with Crippen molar-refractivity contribution in [3.63, 3.8) is 0 Å². The van der Waals surface area contributed by atoms with Crippen molar-refractivity contribution in [3.8, 4) is 0 Å². The summed E-state index contributed by atoms with van der Waals surface area (Å²) in [6.07, 6.45) is 4.92. The van der Waals surface area contributed by atoms with Gasteiger partial charge in [-0.25, -0.2) is 0 Å². The Morgan fingerprint density at radius 1 is 1.15 bits per heavy atom. The zero-order valence-corrected chi connectivity index (χ0v) is 16.3. The van der Waals surface area contributed by atoms with E-state index >= 15 is 0 Å². The number of carbonyl (C=O) groups excluding carboxylic acids is 2. The summed E-state index contributed by atoms with van der Waals surface area (Å²) < 4.78 is 1.02. The minimum absolute atomic E-state index is 0.0493. The average molecular weight is 413 g/mol. The normalized spacial score (nSPS) is 14.2. The summed E-state index contributed by atoms with van der Waals surface area (Å²) in [5, 5.41) is 0. The van der Waals surface area contributed by atoms with Crippen molar-refractivity contribution < 1.29 is 9.59 Å². The molecular formula is C21H21BrN2O2. The van der Waals surface area contributed by atoms with E-state index in [1.807, 2.05) is 53.4 Å². The Morgan fingerprint density at radius 3 is 2.46 bits per heavy atom. The highest BCUT2D eigenvalue weighted by Crippen LogP contribution is 2.22. The molecule has 5 heteroatoms. The lowest BCUT2D eigenvalue weighted by Gasteiger charge is -2.16. The van der Waals surface area contributed by atoms with Crippen LogP contribution < -0.4 is 4.90 Å². The number of halogens is 1. The smallest absolute Gasteiger partial charge is 0.246 e. The molecule has 0 atom stereocenters. The molecule has 2 amide bonds. The highest BCUT2D eigenvalue weighted by Gasteiger charge is 2.21. The molecule has 26 heavy (non-hydrogen) atoms. The quantitative estimate of drug-likeness (QED) is 0.688. The van der Waals surface area contributed by atoms with E-state index in [0.717, 1.165) is 34.3 Å². The van der Waals surface area contributed by atoms with E-state index in [-0.39, 0.29) is 11.8 Å². The predicted octanol–water partition coefficient (Wildman–Crippen LogP) is 4.25. The van der Waals surface area contributed by atoms with Gasteiger partial charge in [0.15, 0.2) is 0 Å². The minimum atomic E-state index is -0.0493. The number of anilines is 1. The summed E-state index contributed by atoms with van der Waals surface area (Å²) in [5.74, 6) is 0.129. The standard InChI is InChI=1S/C21H21BrN2O2/c1-23(15-17-4-9-18(22)10-5-17)20(25)13-8-16-6-11-19(12-7-16)24-14-2-3-21(24)26/h4-13H,2-3,14-15H2,1H3/b13-8+. The summed E-state index contributed by atoms with van der Waals surface area (Å²) in [6, 6.07) is 15.6. The van der Waals surface area contributed by atoms with Gasteiger partial charge in [0.1, 0.15) is 0 Å². The Morgan fingerprint density at radius 2 is 1.85 bits per heavy atom. The summed E-state index contributed by atoms with van der Waals surface area (Å²) in [7, 11) is 1.79. The first kappa shape index (κ1) is 18.4. The highest BCUT2D eigenvalue weighted by atomic mass is 79.9. The summed E-state index contributed by atoms with van der Waals surface area (Å²) in [6.45, 7) is 1.35. The first-order valence-corrected chi connectivity index (χ1v) is 9.40. The monoisotopic (exact) mass is 412 g/mol. The van der Waals surface area contributed by atoms with Crippen LogP contribution in [-0.2, 0) is 16.1 Å². The molecule has 2 aromatic carbocycles. The first-order valence-electron chi connectivity index (χ1n) is 8.61. The number of benzene rings is 2. The fourth-order valence-corrected chi connectivity index (χ4v) is 3.19. The fourth-order valence-electron chi connectivity index (χ4n) is 2.92. The van der Waals surface area contributed by atoms with Gasteiger partial charge in [0.05, 0.1) is 0 Å². The summed E-state index contributed by atoms with van der Waals surface area (Å²) in [5.41, 5.74) is 2.94. The van der Waals surface area contributed by atoms with Gasteiger partial charge in [0.2, 0.25) is 11.8 Å². The number of hydrogen-bond acceptors (Lipinski definition) is 2. The number of likely N-dealkylation sites (N-methyl/N-ethyl adjacent to an activating group) is 1. The molecule has 0 aromatic heterocycles. The Hall–Kier alpha value is -2.40. The molecule has 1 aliphatic heterocycles. The van der Waals surface area contributed by atoms with Crippen LogP contribution in [0.15, 0.2) is 59.1 Å². The molecule has 0 saturated carbocycles. The molecule has 0 spiro atoms. The third kappa shape index (κ3) is 4.61. The minimum Gasteiger partial charge on any atom is -0.338 e. The van der Waals surface area contributed by atoms with Crippen LogP contribution in [0.4, 0.5) is 5.69 Å². The molecule has 134 valence electrons. The summed E-state index contributed by atoms with van der Waals surface area (Å²) in [4.78, 5) is 27.5. The van der Waals surface area contributed by atoms with Crippen molar-refractivity contribution >= 4 is 39.5 Å². The van der Waals surface area contributed by atoms with Gasteiger partial charge >= 0.3 is 0 Å². The van der Waals surface area contributed by atoms with Crippen molar-refractivity contribution in [3.05, 3.63) is 70.2 Å². The molecule has 0 N–H and O–H groups in total.